The zero-order valence-corrected chi connectivity index (χ0v) is 18.8. The predicted molar refractivity (Wildman–Crippen MR) is 121 cm³/mol. The first kappa shape index (κ1) is 21.9. The van der Waals surface area contributed by atoms with Gasteiger partial charge in [-0.3, -0.25) is 9.59 Å². The number of carbonyl (C=O) groups excluding carboxylic acids is 2. The molecule has 0 aliphatic carbocycles. The summed E-state index contributed by atoms with van der Waals surface area (Å²) in [6.07, 6.45) is 4.03. The monoisotopic (exact) mass is 472 g/mol. The van der Waals surface area contributed by atoms with Gasteiger partial charge in [0.1, 0.15) is 17.6 Å². The number of benzene rings is 2. The third-order valence-corrected chi connectivity index (χ3v) is 5.12. The van der Waals surface area contributed by atoms with Crippen molar-refractivity contribution >= 4 is 39.5 Å². The van der Waals surface area contributed by atoms with E-state index in [0.717, 1.165) is 33.3 Å². The summed E-state index contributed by atoms with van der Waals surface area (Å²) in [5.74, 6) is 0.865. The summed E-state index contributed by atoms with van der Waals surface area (Å²) < 4.78 is 12.4. The molecule has 0 saturated carbocycles. The normalized spacial score (nSPS) is 14.9. The highest BCUT2D eigenvalue weighted by Gasteiger charge is 2.21. The molecule has 1 heterocycles. The van der Waals surface area contributed by atoms with Crippen LogP contribution in [0.5, 0.6) is 11.5 Å². The standard InChI is InChI=1S/C23H25BrN2O4/c1-4-29-20-12-17-10-15(3)30-21(17)11-16(20)5-8-22(27)25-13-23(28)26-19-7-6-18(24)9-14(19)2/h5-9,11-12,15H,4,10,13H2,1-3H3,(H,25,27)(H,26,28)/b8-5+/t15-/m1/s1. The van der Waals surface area contributed by atoms with Gasteiger partial charge in [0.05, 0.1) is 13.2 Å². The van der Waals surface area contributed by atoms with Crippen LogP contribution in [0.1, 0.15) is 30.5 Å². The quantitative estimate of drug-likeness (QED) is 0.590. The van der Waals surface area contributed by atoms with Gasteiger partial charge in [-0.15, -0.1) is 0 Å². The molecule has 0 unspecified atom stereocenters. The maximum Gasteiger partial charge on any atom is 0.244 e. The molecule has 2 aromatic rings. The van der Waals surface area contributed by atoms with Gasteiger partial charge in [0.2, 0.25) is 11.8 Å². The fourth-order valence-electron chi connectivity index (χ4n) is 3.22. The first-order valence-electron chi connectivity index (χ1n) is 9.84. The van der Waals surface area contributed by atoms with Crippen LogP contribution in [-0.4, -0.2) is 31.1 Å². The van der Waals surface area contributed by atoms with E-state index in [1.54, 1.807) is 6.08 Å². The number of anilines is 1. The molecule has 1 aliphatic rings. The number of nitrogens with one attached hydrogen (secondary N) is 2. The number of rotatable bonds is 7. The van der Waals surface area contributed by atoms with Crippen molar-refractivity contribution in [1.29, 1.82) is 0 Å². The Balaban J connectivity index is 1.59. The Kier molecular flexibility index (Phi) is 7.15. The number of amides is 2. The smallest absolute Gasteiger partial charge is 0.244 e. The van der Waals surface area contributed by atoms with E-state index < -0.39 is 0 Å². The minimum Gasteiger partial charge on any atom is -0.493 e. The van der Waals surface area contributed by atoms with Gasteiger partial charge in [-0.05, 0) is 62.7 Å². The summed E-state index contributed by atoms with van der Waals surface area (Å²) >= 11 is 3.39. The van der Waals surface area contributed by atoms with E-state index in [-0.39, 0.29) is 24.5 Å². The number of halogens is 1. The van der Waals surface area contributed by atoms with Crippen LogP contribution in [0.15, 0.2) is 40.9 Å². The van der Waals surface area contributed by atoms with E-state index in [2.05, 4.69) is 26.6 Å². The third-order valence-electron chi connectivity index (χ3n) is 4.63. The number of fused-ring (bicyclic) bond motifs is 1. The van der Waals surface area contributed by atoms with E-state index in [1.165, 1.54) is 6.08 Å². The SMILES string of the molecule is CCOc1cc2c(cc1/C=C/C(=O)NCC(=O)Nc1ccc(Br)cc1C)O[C@H](C)C2. The van der Waals surface area contributed by atoms with E-state index >= 15 is 0 Å². The molecule has 0 bridgehead atoms. The molecular weight excluding hydrogens is 448 g/mol. The molecule has 0 saturated heterocycles. The number of carbonyl (C=O) groups is 2. The van der Waals surface area contributed by atoms with Crippen molar-refractivity contribution in [3.63, 3.8) is 0 Å². The molecule has 158 valence electrons. The van der Waals surface area contributed by atoms with Crippen molar-refractivity contribution in [2.75, 3.05) is 18.5 Å². The van der Waals surface area contributed by atoms with Gasteiger partial charge in [-0.1, -0.05) is 15.9 Å². The molecule has 6 nitrogen and oxygen atoms in total. The minimum atomic E-state index is -0.366. The van der Waals surface area contributed by atoms with Gasteiger partial charge in [0.15, 0.2) is 0 Å². The van der Waals surface area contributed by atoms with Crippen LogP contribution >= 0.6 is 15.9 Å². The molecule has 2 aromatic carbocycles. The van der Waals surface area contributed by atoms with Crippen LogP contribution in [0, 0.1) is 6.92 Å². The third kappa shape index (κ3) is 5.63. The lowest BCUT2D eigenvalue weighted by molar-refractivity contribution is -0.121. The fraction of sp³-hybridized carbons (Fsp3) is 0.304. The predicted octanol–water partition coefficient (Wildman–Crippen LogP) is 4.25. The molecule has 1 atom stereocenters. The average Bonchev–Trinajstić information content (AvgIpc) is 3.05. The van der Waals surface area contributed by atoms with Crippen LogP contribution < -0.4 is 20.1 Å². The lowest BCUT2D eigenvalue weighted by atomic mass is 10.1. The zero-order chi connectivity index (χ0) is 21.7. The molecule has 0 radical (unpaired) electrons. The molecule has 7 heteroatoms. The number of hydrogen-bond acceptors (Lipinski definition) is 4. The summed E-state index contributed by atoms with van der Waals surface area (Å²) in [4.78, 5) is 24.3. The topological polar surface area (TPSA) is 76.7 Å². The van der Waals surface area contributed by atoms with Crippen LogP contribution in [0.3, 0.4) is 0 Å². The van der Waals surface area contributed by atoms with Crippen molar-refractivity contribution < 1.29 is 19.1 Å². The summed E-state index contributed by atoms with van der Waals surface area (Å²) in [5.41, 5.74) is 3.50. The molecule has 2 N–H and O–H groups in total. The minimum absolute atomic E-state index is 0.123. The first-order chi connectivity index (χ1) is 14.4. The van der Waals surface area contributed by atoms with Gasteiger partial charge in [0, 0.05) is 33.8 Å². The maximum absolute atomic E-state index is 12.2. The van der Waals surface area contributed by atoms with Gasteiger partial charge >= 0.3 is 0 Å². The Bertz CT molecular complexity index is 987. The van der Waals surface area contributed by atoms with Crippen molar-refractivity contribution in [2.24, 2.45) is 0 Å². The second kappa shape index (κ2) is 9.80. The number of hydrogen-bond donors (Lipinski definition) is 2. The highest BCUT2D eigenvalue weighted by molar-refractivity contribution is 9.10. The van der Waals surface area contributed by atoms with Gasteiger partial charge in [-0.25, -0.2) is 0 Å². The lowest BCUT2D eigenvalue weighted by Crippen LogP contribution is -2.31. The zero-order valence-electron chi connectivity index (χ0n) is 17.3. The molecule has 0 spiro atoms. The molecule has 3 rings (SSSR count). The van der Waals surface area contributed by atoms with E-state index in [4.69, 9.17) is 9.47 Å². The molecule has 2 amide bonds. The Morgan fingerprint density at radius 2 is 2.10 bits per heavy atom. The summed E-state index contributed by atoms with van der Waals surface area (Å²) in [7, 11) is 0. The molecule has 0 aromatic heterocycles. The molecular formula is C23H25BrN2O4. The summed E-state index contributed by atoms with van der Waals surface area (Å²) in [6.45, 7) is 6.24. The van der Waals surface area contributed by atoms with Crippen LogP contribution in [-0.2, 0) is 16.0 Å². The van der Waals surface area contributed by atoms with E-state index in [0.29, 0.717) is 18.0 Å². The number of ether oxygens (including phenoxy) is 2. The van der Waals surface area contributed by atoms with Crippen molar-refractivity contribution in [1.82, 2.24) is 5.32 Å². The van der Waals surface area contributed by atoms with Crippen molar-refractivity contribution in [2.45, 2.75) is 33.3 Å². The van der Waals surface area contributed by atoms with Crippen molar-refractivity contribution in [3.05, 3.63) is 57.6 Å². The fourth-order valence-corrected chi connectivity index (χ4v) is 3.69. The highest BCUT2D eigenvalue weighted by Crippen LogP contribution is 2.35. The van der Waals surface area contributed by atoms with E-state index in [1.807, 2.05) is 51.1 Å². The first-order valence-corrected chi connectivity index (χ1v) is 10.6. The molecule has 30 heavy (non-hydrogen) atoms. The Morgan fingerprint density at radius 3 is 2.83 bits per heavy atom. The summed E-state index contributed by atoms with van der Waals surface area (Å²) in [6, 6.07) is 9.42. The Morgan fingerprint density at radius 1 is 1.30 bits per heavy atom. The van der Waals surface area contributed by atoms with Gasteiger partial charge in [0.25, 0.3) is 0 Å². The Hall–Kier alpha value is -2.80. The summed E-state index contributed by atoms with van der Waals surface area (Å²) in [5, 5.41) is 5.39. The largest absolute Gasteiger partial charge is 0.493 e. The van der Waals surface area contributed by atoms with Crippen molar-refractivity contribution in [3.8, 4) is 11.5 Å². The molecule has 1 aliphatic heterocycles. The average molecular weight is 473 g/mol. The van der Waals surface area contributed by atoms with Crippen LogP contribution in [0.4, 0.5) is 5.69 Å². The van der Waals surface area contributed by atoms with Gasteiger partial charge < -0.3 is 20.1 Å². The van der Waals surface area contributed by atoms with E-state index in [9.17, 15) is 9.59 Å². The number of aryl methyl sites for hydroxylation is 1. The maximum atomic E-state index is 12.2. The van der Waals surface area contributed by atoms with Gasteiger partial charge in [-0.2, -0.15) is 0 Å². The second-order valence-electron chi connectivity index (χ2n) is 7.12. The second-order valence-corrected chi connectivity index (χ2v) is 8.04. The lowest BCUT2D eigenvalue weighted by Gasteiger charge is -2.10. The highest BCUT2D eigenvalue weighted by atomic mass is 79.9. The van der Waals surface area contributed by atoms with Crippen LogP contribution in [0.2, 0.25) is 0 Å². The Labute approximate surface area is 184 Å². The van der Waals surface area contributed by atoms with Crippen LogP contribution in [0.25, 0.3) is 6.08 Å². The molecule has 0 fully saturated rings.